The Hall–Kier alpha value is -0.940. The normalized spacial score (nSPS) is 16.1. The Kier molecular flexibility index (Phi) is 2.52. The van der Waals surface area contributed by atoms with Crippen LogP contribution in [0.1, 0.15) is 11.1 Å². The van der Waals surface area contributed by atoms with E-state index in [1.165, 1.54) is 6.07 Å². The van der Waals surface area contributed by atoms with Gasteiger partial charge in [-0.1, -0.05) is 11.1 Å². The summed E-state index contributed by atoms with van der Waals surface area (Å²) < 4.78 is 34.2. The van der Waals surface area contributed by atoms with Crippen molar-refractivity contribution in [3.8, 4) is 0 Å². The number of rotatable bonds is 2. The maximum atomic E-state index is 13.3. The van der Waals surface area contributed by atoms with Crippen LogP contribution in [0.15, 0.2) is 12.1 Å². The molecule has 1 atom stereocenters. The van der Waals surface area contributed by atoms with Crippen molar-refractivity contribution in [2.45, 2.75) is 12.2 Å². The first-order valence-corrected chi connectivity index (χ1v) is 5.52. The van der Waals surface area contributed by atoms with E-state index in [4.69, 9.17) is 0 Å². The summed E-state index contributed by atoms with van der Waals surface area (Å²) in [4.78, 5) is 0. The lowest BCUT2D eigenvalue weighted by Crippen LogP contribution is -1.98. The Bertz CT molecular complexity index is 395. The second-order valence-electron chi connectivity index (χ2n) is 3.23. The van der Waals surface area contributed by atoms with Gasteiger partial charge in [0.1, 0.15) is 5.82 Å². The van der Waals surface area contributed by atoms with Gasteiger partial charge in [0.25, 0.3) is 0 Å². The summed E-state index contributed by atoms with van der Waals surface area (Å²) in [5.74, 6) is -0.707. The van der Waals surface area contributed by atoms with E-state index < -0.39 is 16.9 Å². The molecule has 1 aliphatic rings. The number of hydrogen-bond donors (Lipinski definition) is 1. The molecule has 1 N–H and O–H groups in total. The molecular weight excluding hydrogens is 205 g/mol. The first-order chi connectivity index (χ1) is 6.66. The molecule has 0 saturated heterocycles. The van der Waals surface area contributed by atoms with Crippen LogP contribution in [-0.4, -0.2) is 15.3 Å². The average Bonchev–Trinajstić information content (AvgIpc) is 2.51. The van der Waals surface area contributed by atoms with Crippen molar-refractivity contribution < 1.29 is 13.2 Å². The molecule has 0 saturated carbocycles. The lowest BCUT2D eigenvalue weighted by atomic mass is 10.1. The summed E-state index contributed by atoms with van der Waals surface area (Å²) in [6.07, 6.45) is 0.827. The lowest BCUT2D eigenvalue weighted by molar-refractivity contribution is 0.533. The smallest absolute Gasteiger partial charge is 0.129 e. The van der Waals surface area contributed by atoms with Gasteiger partial charge in [-0.2, -0.15) is 0 Å². The molecule has 3 nitrogen and oxygen atoms in total. The molecule has 1 aliphatic heterocycles. The van der Waals surface area contributed by atoms with Gasteiger partial charge in [0.2, 0.25) is 0 Å². The van der Waals surface area contributed by atoms with Crippen LogP contribution >= 0.6 is 0 Å². The predicted octanol–water partition coefficient (Wildman–Crippen LogP) is 1.17. The Morgan fingerprint density at radius 1 is 1.57 bits per heavy atom. The molecular formula is C9H9FNO2S-. The summed E-state index contributed by atoms with van der Waals surface area (Å²) in [6, 6.07) is 2.99. The highest BCUT2D eigenvalue weighted by molar-refractivity contribution is 7.78. The van der Waals surface area contributed by atoms with E-state index in [9.17, 15) is 13.2 Å². The Balaban J connectivity index is 2.37. The summed E-state index contributed by atoms with van der Waals surface area (Å²) in [6.45, 7) is 0.790. The summed E-state index contributed by atoms with van der Waals surface area (Å²) in [5.41, 5.74) is 2.02. The van der Waals surface area contributed by atoms with Crippen LogP contribution in [0.3, 0.4) is 0 Å². The quantitative estimate of drug-likeness (QED) is 0.752. The van der Waals surface area contributed by atoms with Crippen LogP contribution in [0.4, 0.5) is 10.1 Å². The van der Waals surface area contributed by atoms with Gasteiger partial charge in [0.15, 0.2) is 0 Å². The van der Waals surface area contributed by atoms with E-state index in [-0.39, 0.29) is 11.3 Å². The summed E-state index contributed by atoms with van der Waals surface area (Å²) in [5, 5.41) is 3.03. The zero-order chi connectivity index (χ0) is 10.1. The SMILES string of the molecule is O=S([O-])Cc1cc2c(cc1F)NCC2. The third kappa shape index (κ3) is 1.78. The number of anilines is 1. The summed E-state index contributed by atoms with van der Waals surface area (Å²) in [7, 11) is 0. The zero-order valence-electron chi connectivity index (χ0n) is 7.38. The van der Waals surface area contributed by atoms with Gasteiger partial charge in [-0.3, -0.25) is 4.21 Å². The van der Waals surface area contributed by atoms with E-state index in [0.29, 0.717) is 0 Å². The molecule has 0 spiro atoms. The third-order valence-corrected chi connectivity index (χ3v) is 2.80. The number of fused-ring (bicyclic) bond motifs is 1. The third-order valence-electron chi connectivity index (χ3n) is 2.26. The topological polar surface area (TPSA) is 52.2 Å². The molecule has 1 aromatic carbocycles. The number of hydrogen-bond acceptors (Lipinski definition) is 3. The monoisotopic (exact) mass is 214 g/mol. The highest BCUT2D eigenvalue weighted by atomic mass is 32.2. The highest BCUT2D eigenvalue weighted by Crippen LogP contribution is 2.25. The van der Waals surface area contributed by atoms with Gasteiger partial charge in [-0.05, 0) is 29.7 Å². The van der Waals surface area contributed by atoms with E-state index in [0.717, 1.165) is 24.2 Å². The molecule has 0 fully saturated rings. The lowest BCUT2D eigenvalue weighted by Gasteiger charge is -2.08. The minimum Gasteiger partial charge on any atom is -0.772 e. The Morgan fingerprint density at radius 2 is 2.36 bits per heavy atom. The van der Waals surface area contributed by atoms with Crippen molar-refractivity contribution >= 4 is 16.8 Å². The molecule has 2 rings (SSSR count). The fourth-order valence-electron chi connectivity index (χ4n) is 1.61. The number of benzene rings is 1. The molecule has 0 aromatic heterocycles. The molecule has 1 aromatic rings. The van der Waals surface area contributed by atoms with Crippen LogP contribution in [0.25, 0.3) is 0 Å². The maximum Gasteiger partial charge on any atom is 0.129 e. The standard InChI is InChI=1S/C9H10FNO2S/c10-8-4-9-6(1-2-11-9)3-7(8)5-14(12)13/h3-4,11H,1-2,5H2,(H,12,13)/p-1. The van der Waals surface area contributed by atoms with Crippen LogP contribution in [-0.2, 0) is 23.3 Å². The van der Waals surface area contributed by atoms with Crippen molar-refractivity contribution in [1.82, 2.24) is 0 Å². The van der Waals surface area contributed by atoms with Gasteiger partial charge in [-0.25, -0.2) is 4.39 Å². The number of halogens is 1. The van der Waals surface area contributed by atoms with Gasteiger partial charge in [-0.15, -0.1) is 0 Å². The van der Waals surface area contributed by atoms with Crippen LogP contribution in [0.2, 0.25) is 0 Å². The molecule has 0 bridgehead atoms. The molecule has 14 heavy (non-hydrogen) atoms. The van der Waals surface area contributed by atoms with E-state index >= 15 is 0 Å². The molecule has 1 unspecified atom stereocenters. The fraction of sp³-hybridized carbons (Fsp3) is 0.333. The summed E-state index contributed by atoms with van der Waals surface area (Å²) >= 11 is -2.23. The Morgan fingerprint density at radius 3 is 3.07 bits per heavy atom. The first kappa shape index (κ1) is 9.61. The largest absolute Gasteiger partial charge is 0.772 e. The maximum absolute atomic E-state index is 13.3. The molecule has 5 heteroatoms. The molecule has 76 valence electrons. The van der Waals surface area contributed by atoms with Crippen molar-refractivity contribution in [2.24, 2.45) is 0 Å². The number of nitrogens with one attached hydrogen (secondary N) is 1. The van der Waals surface area contributed by atoms with Crippen LogP contribution in [0, 0.1) is 5.82 Å². The van der Waals surface area contributed by atoms with Gasteiger partial charge in [0, 0.05) is 18.0 Å². The van der Waals surface area contributed by atoms with Crippen molar-refractivity contribution in [3.63, 3.8) is 0 Å². The van der Waals surface area contributed by atoms with Crippen molar-refractivity contribution in [2.75, 3.05) is 11.9 Å². The second-order valence-corrected chi connectivity index (χ2v) is 4.12. The molecule has 1 heterocycles. The molecule has 0 radical (unpaired) electrons. The fourth-order valence-corrected chi connectivity index (χ4v) is 2.09. The van der Waals surface area contributed by atoms with E-state index in [1.807, 2.05) is 0 Å². The molecule has 0 amide bonds. The van der Waals surface area contributed by atoms with Gasteiger partial charge < -0.3 is 9.87 Å². The van der Waals surface area contributed by atoms with Gasteiger partial charge >= 0.3 is 0 Å². The Labute approximate surface area is 83.6 Å². The predicted molar refractivity (Wildman–Crippen MR) is 51.2 cm³/mol. The van der Waals surface area contributed by atoms with Crippen molar-refractivity contribution in [3.05, 3.63) is 29.1 Å². The van der Waals surface area contributed by atoms with Crippen LogP contribution in [0.5, 0.6) is 0 Å². The van der Waals surface area contributed by atoms with Gasteiger partial charge in [0.05, 0.1) is 0 Å². The highest BCUT2D eigenvalue weighted by Gasteiger charge is 2.13. The minimum absolute atomic E-state index is 0.251. The van der Waals surface area contributed by atoms with Crippen LogP contribution < -0.4 is 5.32 Å². The van der Waals surface area contributed by atoms with E-state index in [1.54, 1.807) is 6.07 Å². The first-order valence-electron chi connectivity index (χ1n) is 4.28. The minimum atomic E-state index is -2.23. The van der Waals surface area contributed by atoms with Crippen molar-refractivity contribution in [1.29, 1.82) is 0 Å². The zero-order valence-corrected chi connectivity index (χ0v) is 8.20. The second kappa shape index (κ2) is 3.67. The molecule has 0 aliphatic carbocycles. The average molecular weight is 214 g/mol. The van der Waals surface area contributed by atoms with E-state index in [2.05, 4.69) is 5.32 Å².